The molecule has 0 unspecified atom stereocenters. The first-order valence-corrected chi connectivity index (χ1v) is 7.71. The zero-order chi connectivity index (χ0) is 15.5. The number of benzene rings is 1. The number of hydrogen-bond donors (Lipinski definition) is 1. The van der Waals surface area contributed by atoms with Crippen LogP contribution in [0.4, 0.5) is 5.69 Å². The first kappa shape index (κ1) is 14.8. The minimum Gasteiger partial charge on any atom is -0.461 e. The lowest BCUT2D eigenvalue weighted by Gasteiger charge is -2.19. The summed E-state index contributed by atoms with van der Waals surface area (Å²) in [6.45, 7) is 4.09. The van der Waals surface area contributed by atoms with Crippen molar-refractivity contribution in [3.05, 3.63) is 28.9 Å². The van der Waals surface area contributed by atoms with Gasteiger partial charge in [0, 0.05) is 18.7 Å². The topological polar surface area (TPSA) is 71.1 Å². The first-order chi connectivity index (χ1) is 10.7. The highest BCUT2D eigenvalue weighted by Gasteiger charge is 2.21. The maximum absolute atomic E-state index is 11.9. The summed E-state index contributed by atoms with van der Waals surface area (Å²) in [6, 6.07) is 5.68. The second-order valence-electron chi connectivity index (χ2n) is 5.10. The number of nitrogens with one attached hydrogen (secondary N) is 1. The summed E-state index contributed by atoms with van der Waals surface area (Å²) < 4.78 is 4.98. The fourth-order valence-corrected chi connectivity index (χ4v) is 2.94. The monoisotopic (exact) mass is 320 g/mol. The van der Waals surface area contributed by atoms with E-state index >= 15 is 0 Å². The van der Waals surface area contributed by atoms with E-state index in [0.29, 0.717) is 17.3 Å². The van der Waals surface area contributed by atoms with Gasteiger partial charge in [0.15, 0.2) is 5.69 Å². The number of halogens is 1. The van der Waals surface area contributed by atoms with E-state index in [-0.39, 0.29) is 5.69 Å². The van der Waals surface area contributed by atoms with Crippen molar-refractivity contribution in [1.29, 1.82) is 0 Å². The predicted molar refractivity (Wildman–Crippen MR) is 84.2 cm³/mol. The van der Waals surface area contributed by atoms with Gasteiger partial charge in [0.1, 0.15) is 5.69 Å². The molecule has 1 fully saturated rings. The van der Waals surface area contributed by atoms with Crippen molar-refractivity contribution in [3.63, 3.8) is 0 Å². The minimum atomic E-state index is -0.494. The molecule has 0 spiro atoms. The third-order valence-corrected chi connectivity index (χ3v) is 3.99. The second-order valence-corrected chi connectivity index (χ2v) is 5.51. The van der Waals surface area contributed by atoms with E-state index < -0.39 is 5.97 Å². The molecule has 3 rings (SSSR count). The number of hydrogen-bond acceptors (Lipinski definition) is 5. The summed E-state index contributed by atoms with van der Waals surface area (Å²) in [5, 5.41) is 11.0. The highest BCUT2D eigenvalue weighted by molar-refractivity contribution is 6.33. The van der Waals surface area contributed by atoms with Gasteiger partial charge in [-0.05, 0) is 31.9 Å². The molecule has 0 amide bonds. The Morgan fingerprint density at radius 1 is 1.36 bits per heavy atom. The molecule has 2 heterocycles. The molecule has 2 aromatic rings. The molecule has 6 nitrogen and oxygen atoms in total. The summed E-state index contributed by atoms with van der Waals surface area (Å²) in [5.41, 5.74) is 2.38. The maximum Gasteiger partial charge on any atom is 0.361 e. The van der Waals surface area contributed by atoms with Crippen LogP contribution in [0.2, 0.25) is 5.02 Å². The highest BCUT2D eigenvalue weighted by Crippen LogP contribution is 2.33. The summed E-state index contributed by atoms with van der Waals surface area (Å²) in [4.78, 5) is 14.1. The van der Waals surface area contributed by atoms with E-state index in [1.807, 2.05) is 18.2 Å². The summed E-state index contributed by atoms with van der Waals surface area (Å²) >= 11 is 6.40. The van der Waals surface area contributed by atoms with Crippen molar-refractivity contribution in [3.8, 4) is 11.3 Å². The van der Waals surface area contributed by atoms with Crippen LogP contribution in [0.5, 0.6) is 0 Å². The molecule has 0 saturated carbocycles. The SMILES string of the molecule is CCOC(=O)c1n[nH]nc1-c1ccc(N2CCCC2)c(Cl)c1. The Bertz CT molecular complexity index is 680. The number of carbonyl (C=O) groups excluding carboxylic acids is 1. The summed E-state index contributed by atoms with van der Waals surface area (Å²) in [7, 11) is 0. The van der Waals surface area contributed by atoms with E-state index in [0.717, 1.165) is 24.3 Å². The molecular formula is C15H17ClN4O2. The van der Waals surface area contributed by atoms with E-state index in [1.165, 1.54) is 12.8 Å². The maximum atomic E-state index is 11.9. The van der Waals surface area contributed by atoms with Crippen molar-refractivity contribution in [2.24, 2.45) is 0 Å². The molecule has 22 heavy (non-hydrogen) atoms. The summed E-state index contributed by atoms with van der Waals surface area (Å²) in [6.07, 6.45) is 2.38. The molecule has 1 aliphatic heterocycles. The van der Waals surface area contributed by atoms with Gasteiger partial charge in [-0.25, -0.2) is 4.79 Å². The Kier molecular flexibility index (Phi) is 4.29. The van der Waals surface area contributed by atoms with Gasteiger partial charge in [0.25, 0.3) is 0 Å². The number of rotatable bonds is 4. The number of aromatic nitrogens is 3. The fourth-order valence-electron chi connectivity index (χ4n) is 2.64. The van der Waals surface area contributed by atoms with Crippen LogP contribution in [0.1, 0.15) is 30.3 Å². The lowest BCUT2D eigenvalue weighted by Crippen LogP contribution is -2.17. The van der Waals surface area contributed by atoms with Crippen molar-refractivity contribution in [1.82, 2.24) is 15.4 Å². The van der Waals surface area contributed by atoms with Gasteiger partial charge >= 0.3 is 5.97 Å². The molecule has 0 radical (unpaired) electrons. The molecule has 1 aromatic carbocycles. The largest absolute Gasteiger partial charge is 0.461 e. The molecule has 0 atom stereocenters. The Labute approximate surface area is 133 Å². The van der Waals surface area contributed by atoms with Crippen molar-refractivity contribution in [2.75, 3.05) is 24.6 Å². The molecule has 1 aromatic heterocycles. The predicted octanol–water partition coefficient (Wildman–Crippen LogP) is 2.90. The van der Waals surface area contributed by atoms with Gasteiger partial charge in [-0.3, -0.25) is 0 Å². The van der Waals surface area contributed by atoms with Crippen LogP contribution in [0.25, 0.3) is 11.3 Å². The number of carbonyl (C=O) groups is 1. The van der Waals surface area contributed by atoms with Gasteiger partial charge in [-0.1, -0.05) is 17.7 Å². The number of esters is 1. The quantitative estimate of drug-likeness (QED) is 0.877. The van der Waals surface area contributed by atoms with Crippen LogP contribution in [0.3, 0.4) is 0 Å². The lowest BCUT2D eigenvalue weighted by molar-refractivity contribution is 0.0520. The number of H-pyrrole nitrogens is 1. The minimum absolute atomic E-state index is 0.173. The Hall–Kier alpha value is -2.08. The third-order valence-electron chi connectivity index (χ3n) is 3.68. The molecule has 0 aliphatic carbocycles. The fraction of sp³-hybridized carbons (Fsp3) is 0.400. The van der Waals surface area contributed by atoms with Crippen LogP contribution >= 0.6 is 11.6 Å². The third kappa shape index (κ3) is 2.78. The molecule has 116 valence electrons. The van der Waals surface area contributed by atoms with E-state index in [9.17, 15) is 4.79 Å². The lowest BCUT2D eigenvalue weighted by atomic mass is 10.1. The zero-order valence-corrected chi connectivity index (χ0v) is 13.1. The van der Waals surface area contributed by atoms with Gasteiger partial charge in [0.2, 0.25) is 0 Å². The van der Waals surface area contributed by atoms with Crippen molar-refractivity contribution < 1.29 is 9.53 Å². The van der Waals surface area contributed by atoms with Crippen molar-refractivity contribution in [2.45, 2.75) is 19.8 Å². The number of aromatic amines is 1. The van der Waals surface area contributed by atoms with Crippen LogP contribution in [-0.2, 0) is 4.74 Å². The standard InChI is InChI=1S/C15H17ClN4O2/c1-2-22-15(21)14-13(17-19-18-14)10-5-6-12(11(16)9-10)20-7-3-4-8-20/h5-6,9H,2-4,7-8H2,1H3,(H,17,18,19). The molecular weight excluding hydrogens is 304 g/mol. The molecule has 1 saturated heterocycles. The smallest absolute Gasteiger partial charge is 0.361 e. The van der Waals surface area contributed by atoms with Crippen LogP contribution in [0.15, 0.2) is 18.2 Å². The van der Waals surface area contributed by atoms with Gasteiger partial charge < -0.3 is 9.64 Å². The number of ether oxygens (including phenoxy) is 1. The van der Waals surface area contributed by atoms with Gasteiger partial charge in [-0.2, -0.15) is 10.3 Å². The molecule has 7 heteroatoms. The number of anilines is 1. The molecule has 1 aliphatic rings. The van der Waals surface area contributed by atoms with E-state index in [1.54, 1.807) is 6.92 Å². The van der Waals surface area contributed by atoms with Gasteiger partial charge in [-0.15, -0.1) is 5.10 Å². The normalized spacial score (nSPS) is 14.4. The number of nitrogens with zero attached hydrogens (tertiary/aromatic N) is 3. The average molecular weight is 321 g/mol. The van der Waals surface area contributed by atoms with E-state index in [2.05, 4.69) is 20.3 Å². The van der Waals surface area contributed by atoms with Crippen LogP contribution in [-0.4, -0.2) is 41.1 Å². The molecule has 0 bridgehead atoms. The average Bonchev–Trinajstić information content (AvgIpc) is 3.19. The highest BCUT2D eigenvalue weighted by atomic mass is 35.5. The van der Waals surface area contributed by atoms with E-state index in [4.69, 9.17) is 16.3 Å². The van der Waals surface area contributed by atoms with Crippen LogP contribution < -0.4 is 4.90 Å². The van der Waals surface area contributed by atoms with Gasteiger partial charge in [0.05, 0.1) is 17.3 Å². The van der Waals surface area contributed by atoms with Crippen LogP contribution in [0, 0.1) is 0 Å². The zero-order valence-electron chi connectivity index (χ0n) is 12.3. The Morgan fingerprint density at radius 2 is 2.14 bits per heavy atom. The Morgan fingerprint density at radius 3 is 2.82 bits per heavy atom. The second kappa shape index (κ2) is 6.36. The molecule has 1 N–H and O–H groups in total. The first-order valence-electron chi connectivity index (χ1n) is 7.33. The Balaban J connectivity index is 1.91. The summed E-state index contributed by atoms with van der Waals surface area (Å²) in [5.74, 6) is -0.494. The van der Waals surface area contributed by atoms with Crippen molar-refractivity contribution >= 4 is 23.3 Å².